The topological polar surface area (TPSA) is 24.1 Å². The molecule has 0 spiro atoms. The summed E-state index contributed by atoms with van der Waals surface area (Å²) in [4.78, 5) is 0. The smallest absolute Gasteiger partial charge is 0.166 e. The van der Waals surface area contributed by atoms with E-state index in [0.29, 0.717) is 11.7 Å². The summed E-state index contributed by atoms with van der Waals surface area (Å²) in [5.74, 6) is -0.209. The molecule has 0 radical (unpaired) electrons. The molecule has 1 aromatic carbocycles. The Hall–Kier alpha value is -1.16. The van der Waals surface area contributed by atoms with Crippen LogP contribution in [0.2, 0.25) is 0 Å². The van der Waals surface area contributed by atoms with Gasteiger partial charge < -0.3 is 10.6 Å². The molecule has 0 aliphatic heterocycles. The van der Waals surface area contributed by atoms with E-state index in [2.05, 4.69) is 17.6 Å². The predicted octanol–water partition coefficient (Wildman–Crippen LogP) is 5.32. The molecule has 0 saturated heterocycles. The molecule has 2 N–H and O–H groups in total. The molecule has 0 unspecified atom stereocenters. The Labute approximate surface area is 146 Å². The van der Waals surface area contributed by atoms with Crippen LogP contribution in [-0.2, 0) is 6.54 Å². The first kappa shape index (κ1) is 19.9. The minimum atomic E-state index is -0.209. The zero-order valence-corrected chi connectivity index (χ0v) is 15.2. The minimum Gasteiger partial charge on any atom is -0.363 e. The van der Waals surface area contributed by atoms with Crippen molar-refractivity contribution in [3.63, 3.8) is 0 Å². The fourth-order valence-electron chi connectivity index (χ4n) is 2.48. The van der Waals surface area contributed by atoms with Gasteiger partial charge in [0.05, 0.1) is 0 Å². The van der Waals surface area contributed by atoms with Gasteiger partial charge in [-0.25, -0.2) is 4.39 Å². The highest BCUT2D eigenvalue weighted by Crippen LogP contribution is 2.09. The second-order valence-corrected chi connectivity index (χ2v) is 6.47. The maximum Gasteiger partial charge on any atom is 0.166 e. The summed E-state index contributed by atoms with van der Waals surface area (Å²) >= 11 is 5.24. The van der Waals surface area contributed by atoms with Gasteiger partial charge in [-0.05, 0) is 36.3 Å². The number of nitrogens with one attached hydrogen (secondary N) is 2. The maximum atomic E-state index is 12.8. The van der Waals surface area contributed by atoms with Crippen LogP contribution in [0.1, 0.15) is 70.3 Å². The van der Waals surface area contributed by atoms with Crippen LogP contribution in [0.25, 0.3) is 0 Å². The first-order chi connectivity index (χ1) is 11.2. The third-order valence-corrected chi connectivity index (χ3v) is 4.22. The van der Waals surface area contributed by atoms with Gasteiger partial charge in [-0.1, -0.05) is 70.4 Å². The van der Waals surface area contributed by atoms with E-state index < -0.39 is 0 Å². The Balaban J connectivity index is 1.91. The van der Waals surface area contributed by atoms with Crippen LogP contribution in [-0.4, -0.2) is 11.7 Å². The Morgan fingerprint density at radius 3 is 2.04 bits per heavy atom. The van der Waals surface area contributed by atoms with Crippen molar-refractivity contribution in [3.8, 4) is 0 Å². The molecular formula is C19H31FN2S. The molecule has 0 fully saturated rings. The first-order valence-electron chi connectivity index (χ1n) is 8.98. The normalized spacial score (nSPS) is 10.5. The van der Waals surface area contributed by atoms with Crippen LogP contribution in [0.5, 0.6) is 0 Å². The Kier molecular flexibility index (Phi) is 11.5. The minimum absolute atomic E-state index is 0.209. The molecule has 130 valence electrons. The lowest BCUT2D eigenvalue weighted by atomic mass is 10.1. The molecule has 0 aliphatic carbocycles. The molecule has 23 heavy (non-hydrogen) atoms. The van der Waals surface area contributed by atoms with E-state index >= 15 is 0 Å². The number of unbranched alkanes of at least 4 members (excludes halogenated alkanes) is 8. The van der Waals surface area contributed by atoms with Gasteiger partial charge in [0.1, 0.15) is 5.82 Å². The van der Waals surface area contributed by atoms with E-state index in [1.165, 1.54) is 63.5 Å². The second kappa shape index (κ2) is 13.3. The van der Waals surface area contributed by atoms with E-state index in [1.54, 1.807) is 12.1 Å². The van der Waals surface area contributed by atoms with Gasteiger partial charge in [-0.3, -0.25) is 0 Å². The molecule has 0 heterocycles. The zero-order chi connectivity index (χ0) is 16.8. The van der Waals surface area contributed by atoms with Crippen LogP contribution < -0.4 is 10.6 Å². The van der Waals surface area contributed by atoms with Crippen molar-refractivity contribution >= 4 is 17.3 Å². The lowest BCUT2D eigenvalue weighted by Crippen LogP contribution is -2.35. The fourth-order valence-corrected chi connectivity index (χ4v) is 2.66. The quantitative estimate of drug-likeness (QED) is 0.398. The van der Waals surface area contributed by atoms with E-state index in [9.17, 15) is 4.39 Å². The predicted molar refractivity (Wildman–Crippen MR) is 101 cm³/mol. The van der Waals surface area contributed by atoms with Gasteiger partial charge in [0.25, 0.3) is 0 Å². The molecule has 4 heteroatoms. The molecule has 0 amide bonds. The third-order valence-electron chi connectivity index (χ3n) is 3.93. The van der Waals surface area contributed by atoms with Crippen LogP contribution in [0.4, 0.5) is 4.39 Å². The number of thiocarbonyl (C=S) groups is 1. The van der Waals surface area contributed by atoms with Crippen LogP contribution in [0, 0.1) is 5.82 Å². The molecule has 0 aliphatic rings. The second-order valence-electron chi connectivity index (χ2n) is 6.06. The number of benzene rings is 1. The highest BCUT2D eigenvalue weighted by molar-refractivity contribution is 7.80. The van der Waals surface area contributed by atoms with Crippen LogP contribution in [0.15, 0.2) is 24.3 Å². The van der Waals surface area contributed by atoms with E-state index in [0.717, 1.165) is 18.5 Å². The summed E-state index contributed by atoms with van der Waals surface area (Å²) in [5, 5.41) is 7.05. The molecule has 1 aromatic rings. The lowest BCUT2D eigenvalue weighted by molar-refractivity contribution is 0.562. The van der Waals surface area contributed by atoms with E-state index in [1.807, 2.05) is 0 Å². The van der Waals surface area contributed by atoms with Crippen LogP contribution >= 0.6 is 12.2 Å². The van der Waals surface area contributed by atoms with Crippen molar-refractivity contribution in [2.45, 2.75) is 71.3 Å². The van der Waals surface area contributed by atoms with Gasteiger partial charge in [0.15, 0.2) is 5.11 Å². The Morgan fingerprint density at radius 2 is 1.43 bits per heavy atom. The summed E-state index contributed by atoms with van der Waals surface area (Å²) < 4.78 is 12.8. The van der Waals surface area contributed by atoms with Gasteiger partial charge in [0, 0.05) is 13.1 Å². The molecule has 0 aromatic heterocycles. The van der Waals surface area contributed by atoms with Crippen LogP contribution in [0.3, 0.4) is 0 Å². The third kappa shape index (κ3) is 11.1. The van der Waals surface area contributed by atoms with E-state index in [-0.39, 0.29) is 5.82 Å². The van der Waals surface area contributed by atoms with E-state index in [4.69, 9.17) is 12.2 Å². The molecule has 1 rings (SSSR count). The number of halogens is 1. The van der Waals surface area contributed by atoms with Crippen molar-refractivity contribution in [2.75, 3.05) is 6.54 Å². The first-order valence-corrected chi connectivity index (χ1v) is 9.39. The molecule has 0 bridgehead atoms. The molecule has 0 saturated carbocycles. The SMILES string of the molecule is CCCCCCCCCCCNC(=S)NCc1ccc(F)cc1. The van der Waals surface area contributed by atoms with Crippen molar-refractivity contribution in [1.29, 1.82) is 0 Å². The largest absolute Gasteiger partial charge is 0.363 e. The molecule has 2 nitrogen and oxygen atoms in total. The van der Waals surface area contributed by atoms with Gasteiger partial charge in [-0.15, -0.1) is 0 Å². The molecule has 0 atom stereocenters. The summed E-state index contributed by atoms with van der Waals surface area (Å²) in [6.45, 7) is 3.81. The van der Waals surface area contributed by atoms with Crippen molar-refractivity contribution in [2.24, 2.45) is 0 Å². The standard InChI is InChI=1S/C19H31FN2S/c1-2-3-4-5-6-7-8-9-10-15-21-19(23)22-16-17-11-13-18(20)14-12-17/h11-14H,2-10,15-16H2,1H3,(H2,21,22,23). The maximum absolute atomic E-state index is 12.8. The van der Waals surface area contributed by atoms with Gasteiger partial charge in [0.2, 0.25) is 0 Å². The van der Waals surface area contributed by atoms with Crippen molar-refractivity contribution in [1.82, 2.24) is 10.6 Å². The van der Waals surface area contributed by atoms with Crippen molar-refractivity contribution in [3.05, 3.63) is 35.6 Å². The lowest BCUT2D eigenvalue weighted by Gasteiger charge is -2.10. The average Bonchev–Trinajstić information content (AvgIpc) is 2.56. The number of hydrogen-bond acceptors (Lipinski definition) is 1. The average molecular weight is 339 g/mol. The molecular weight excluding hydrogens is 307 g/mol. The number of hydrogen-bond donors (Lipinski definition) is 2. The number of rotatable bonds is 12. The summed E-state index contributed by atoms with van der Waals surface area (Å²) in [7, 11) is 0. The Bertz CT molecular complexity index is 420. The zero-order valence-electron chi connectivity index (χ0n) is 14.4. The summed E-state index contributed by atoms with van der Waals surface area (Å²) in [6, 6.07) is 6.47. The van der Waals surface area contributed by atoms with Gasteiger partial charge >= 0.3 is 0 Å². The summed E-state index contributed by atoms with van der Waals surface area (Å²) in [5.41, 5.74) is 1.03. The monoisotopic (exact) mass is 338 g/mol. The highest BCUT2D eigenvalue weighted by Gasteiger charge is 1.97. The summed E-state index contributed by atoms with van der Waals surface area (Å²) in [6.07, 6.45) is 12.0. The van der Waals surface area contributed by atoms with Gasteiger partial charge in [-0.2, -0.15) is 0 Å². The highest BCUT2D eigenvalue weighted by atomic mass is 32.1. The fraction of sp³-hybridized carbons (Fsp3) is 0.632. The Morgan fingerprint density at radius 1 is 0.870 bits per heavy atom. The van der Waals surface area contributed by atoms with Crippen molar-refractivity contribution < 1.29 is 4.39 Å².